The van der Waals surface area contributed by atoms with E-state index in [-0.39, 0.29) is 31.4 Å². The van der Waals surface area contributed by atoms with Crippen LogP contribution in [0, 0.1) is 17.8 Å². The quantitative estimate of drug-likeness (QED) is 0.212. The summed E-state index contributed by atoms with van der Waals surface area (Å²) in [6.45, 7) is 13.1. The Morgan fingerprint density at radius 3 is 2.36 bits per heavy atom. The molecule has 16 heteroatoms. The largest absolute Gasteiger partial charge is 0.509 e. The number of ether oxygens (including phenoxy) is 7. The Bertz CT molecular complexity index is 1520. The van der Waals surface area contributed by atoms with Gasteiger partial charge in [-0.2, -0.15) is 0 Å². The Labute approximate surface area is 323 Å². The summed E-state index contributed by atoms with van der Waals surface area (Å²) in [6, 6.07) is 4.64. The first-order chi connectivity index (χ1) is 25.7. The summed E-state index contributed by atoms with van der Waals surface area (Å²) < 4.78 is 60.2. The van der Waals surface area contributed by atoms with Gasteiger partial charge in [0.05, 0.1) is 35.6 Å². The number of esters is 2. The van der Waals surface area contributed by atoms with Crippen LogP contribution in [0.5, 0.6) is 0 Å². The number of carbonyl (C=O) groups excluding carboxylic acids is 3. The van der Waals surface area contributed by atoms with Gasteiger partial charge in [0.1, 0.15) is 19.3 Å². The van der Waals surface area contributed by atoms with Crippen molar-refractivity contribution in [1.82, 2.24) is 9.88 Å². The number of alkyl halides is 1. The van der Waals surface area contributed by atoms with Gasteiger partial charge in [0.15, 0.2) is 24.1 Å². The van der Waals surface area contributed by atoms with Crippen molar-refractivity contribution >= 4 is 23.8 Å². The van der Waals surface area contributed by atoms with Gasteiger partial charge in [-0.25, -0.2) is 14.0 Å². The van der Waals surface area contributed by atoms with Crippen molar-refractivity contribution in [3.63, 3.8) is 0 Å². The molecule has 1 aromatic rings. The number of rotatable bonds is 9. The summed E-state index contributed by atoms with van der Waals surface area (Å²) in [5, 5.41) is 16.0. The molecule has 0 bridgehead atoms. The number of aliphatic hydroxyl groups excluding tert-OH is 1. The lowest BCUT2D eigenvalue weighted by Gasteiger charge is -2.49. The molecule has 3 aliphatic heterocycles. The van der Waals surface area contributed by atoms with Gasteiger partial charge in [-0.15, -0.1) is 0 Å². The minimum Gasteiger partial charge on any atom is -0.458 e. The van der Waals surface area contributed by atoms with Gasteiger partial charge in [-0.1, -0.05) is 38.9 Å². The molecular formula is C39H60FN3O12. The number of nitrogens with zero attached hydrogens (tertiary/aromatic N) is 3. The first-order valence-electron chi connectivity index (χ1n) is 18.9. The number of carbonyl (C=O) groups is 3. The first kappa shape index (κ1) is 44.3. The van der Waals surface area contributed by atoms with Crippen LogP contribution in [-0.4, -0.2) is 133 Å². The molecular weight excluding hydrogens is 721 g/mol. The molecule has 0 saturated carbocycles. The predicted octanol–water partition coefficient (Wildman–Crippen LogP) is 4.41. The van der Waals surface area contributed by atoms with Gasteiger partial charge in [-0.3, -0.25) is 9.78 Å². The summed E-state index contributed by atoms with van der Waals surface area (Å²) in [5.41, 5.74) is -5.15. The molecule has 4 rings (SSSR count). The maximum Gasteiger partial charge on any atom is 0.509 e. The van der Waals surface area contributed by atoms with Gasteiger partial charge >= 0.3 is 18.1 Å². The summed E-state index contributed by atoms with van der Waals surface area (Å²) in [4.78, 5) is 52.1. The second kappa shape index (κ2) is 17.8. The Morgan fingerprint density at radius 2 is 1.78 bits per heavy atom. The molecule has 0 unspecified atom stereocenters. The highest BCUT2D eigenvalue weighted by molar-refractivity contribution is 5.89. The molecule has 3 saturated heterocycles. The third-order valence-electron chi connectivity index (χ3n) is 11.5. The molecule has 310 valence electrons. The average molecular weight is 782 g/mol. The second-order valence-corrected chi connectivity index (χ2v) is 16.0. The van der Waals surface area contributed by atoms with E-state index in [1.807, 2.05) is 32.8 Å². The van der Waals surface area contributed by atoms with E-state index in [0.717, 1.165) is 6.92 Å². The van der Waals surface area contributed by atoms with Gasteiger partial charge in [-0.05, 0) is 73.2 Å². The minimum absolute atomic E-state index is 0.0970. The molecule has 15 nitrogen and oxygen atoms in total. The fourth-order valence-electron chi connectivity index (χ4n) is 8.53. The van der Waals surface area contributed by atoms with Crippen LogP contribution < -0.4 is 0 Å². The Morgan fingerprint density at radius 1 is 1.09 bits per heavy atom. The van der Waals surface area contributed by atoms with E-state index >= 15 is 4.39 Å². The highest BCUT2D eigenvalue weighted by atomic mass is 19.1. The normalized spacial score (nSPS) is 41.1. The zero-order valence-corrected chi connectivity index (χ0v) is 34.1. The van der Waals surface area contributed by atoms with Crippen molar-refractivity contribution in [1.29, 1.82) is 0 Å². The first-order valence-corrected chi connectivity index (χ1v) is 18.9. The molecule has 14 atom stereocenters. The molecule has 0 spiro atoms. The number of aliphatic hydroxyl groups is 1. The van der Waals surface area contributed by atoms with Crippen molar-refractivity contribution < 1.29 is 61.9 Å². The van der Waals surface area contributed by atoms with Crippen molar-refractivity contribution in [2.24, 2.45) is 22.9 Å². The molecule has 3 fully saturated rings. The zero-order valence-electron chi connectivity index (χ0n) is 34.1. The summed E-state index contributed by atoms with van der Waals surface area (Å²) in [5.74, 6) is -4.56. The number of pyridine rings is 1. The van der Waals surface area contributed by atoms with Gasteiger partial charge in [0.25, 0.3) is 0 Å². The zero-order chi connectivity index (χ0) is 41.0. The SMILES string of the molecule is CC[C@H]1OC(=O)[C@@](C)(F)[C@H](OC(=O)Cc2ccccn2)[C@H](C)[C@@H](O[C@@H]2O[C@H](C)C[C@H](N(C)C)[C@H]2O)[C@](C)(OC)C[C@@H](C)/C(=N\OC)[C@H](C)[C@H]2OC(=O)O[C@@]21C. The maximum atomic E-state index is 17.7. The van der Waals surface area contributed by atoms with Crippen LogP contribution in [0.1, 0.15) is 80.3 Å². The number of cyclic esters (lactones) is 1. The Kier molecular flexibility index (Phi) is 14.3. The number of hydrogen-bond donors (Lipinski definition) is 1. The number of methoxy groups -OCH3 is 1. The molecule has 0 aromatic carbocycles. The van der Waals surface area contributed by atoms with Crippen molar-refractivity contribution in [3.8, 4) is 0 Å². The molecule has 0 amide bonds. The fourth-order valence-corrected chi connectivity index (χ4v) is 8.53. The van der Waals surface area contributed by atoms with E-state index in [4.69, 9.17) is 38.0 Å². The third kappa shape index (κ3) is 9.41. The van der Waals surface area contributed by atoms with E-state index in [2.05, 4.69) is 10.1 Å². The standard InChI is InChI=1S/C39H60FN3O12/c1-13-27-39(8)33(54-36(47)55-39)23(4)29(42-49-12)21(2)20-37(6,48-11)31(53-34-30(45)26(43(9)10)18-22(3)50-34)24(5)32(38(7,40)35(46)51-27)52-28(44)19-25-16-14-15-17-41-25/h14-17,21-24,26-27,30-34,45H,13,18-20H2,1-12H3/b42-29+/t21-,22-,23+,24-,26+,27-,30-,31-,32-,33-,34+,37-,38+,39-/m1/s1. The van der Waals surface area contributed by atoms with E-state index in [0.29, 0.717) is 17.8 Å². The average Bonchev–Trinajstić information content (AvgIpc) is 3.44. The molecule has 0 radical (unpaired) electrons. The van der Waals surface area contributed by atoms with E-state index in [9.17, 15) is 19.5 Å². The van der Waals surface area contributed by atoms with Gasteiger partial charge in [0.2, 0.25) is 5.67 Å². The van der Waals surface area contributed by atoms with Crippen molar-refractivity contribution in [2.45, 2.75) is 147 Å². The van der Waals surface area contributed by atoms with Crippen LogP contribution in [0.25, 0.3) is 0 Å². The van der Waals surface area contributed by atoms with Crippen LogP contribution in [0.15, 0.2) is 29.6 Å². The second-order valence-electron chi connectivity index (χ2n) is 16.0. The molecule has 3 aliphatic rings. The molecule has 1 N–H and O–H groups in total. The summed E-state index contributed by atoms with van der Waals surface area (Å²) in [7, 11) is 6.53. The number of hydrogen-bond acceptors (Lipinski definition) is 15. The van der Waals surface area contributed by atoms with E-state index < -0.39 is 89.5 Å². The molecule has 55 heavy (non-hydrogen) atoms. The Hall–Kier alpha value is -3.44. The number of halogens is 1. The minimum atomic E-state index is -3.02. The number of likely N-dealkylation sites (N-methyl/N-ethyl adjacent to an activating group) is 1. The van der Waals surface area contributed by atoms with E-state index in [1.165, 1.54) is 20.4 Å². The van der Waals surface area contributed by atoms with Crippen LogP contribution >= 0.6 is 0 Å². The highest BCUT2D eigenvalue weighted by Crippen LogP contribution is 2.44. The molecule has 1 aromatic heterocycles. The van der Waals surface area contributed by atoms with Crippen molar-refractivity contribution in [2.75, 3.05) is 28.3 Å². The van der Waals surface area contributed by atoms with Crippen LogP contribution in [-0.2, 0) is 54.0 Å². The number of fused-ring (bicyclic) bond motifs is 1. The van der Waals surface area contributed by atoms with E-state index in [1.54, 1.807) is 52.8 Å². The third-order valence-corrected chi connectivity index (χ3v) is 11.5. The highest BCUT2D eigenvalue weighted by Gasteiger charge is 2.61. The lowest BCUT2D eigenvalue weighted by Crippen LogP contribution is -2.62. The lowest BCUT2D eigenvalue weighted by atomic mass is 9.73. The number of aromatic nitrogens is 1. The van der Waals surface area contributed by atoms with Crippen LogP contribution in [0.4, 0.5) is 9.18 Å². The molecule has 4 heterocycles. The number of oxime groups is 1. The van der Waals surface area contributed by atoms with Crippen molar-refractivity contribution in [3.05, 3.63) is 30.1 Å². The fraction of sp³-hybridized carbons (Fsp3) is 0.769. The summed E-state index contributed by atoms with van der Waals surface area (Å²) in [6.07, 6.45) is -7.12. The summed E-state index contributed by atoms with van der Waals surface area (Å²) >= 11 is 0. The lowest BCUT2D eigenvalue weighted by molar-refractivity contribution is -0.303. The van der Waals surface area contributed by atoms with Gasteiger partial charge in [0, 0.05) is 37.1 Å². The monoisotopic (exact) mass is 781 g/mol. The molecule has 0 aliphatic carbocycles. The predicted molar refractivity (Wildman–Crippen MR) is 197 cm³/mol. The van der Waals surface area contributed by atoms with Gasteiger partial charge < -0.3 is 48.0 Å². The smallest absolute Gasteiger partial charge is 0.458 e. The maximum absolute atomic E-state index is 17.7. The van der Waals surface area contributed by atoms with Crippen LogP contribution in [0.3, 0.4) is 0 Å². The topological polar surface area (TPSA) is 174 Å². The van der Waals surface area contributed by atoms with Crippen LogP contribution in [0.2, 0.25) is 0 Å². The Balaban J connectivity index is 1.92.